The Kier molecular flexibility index (Phi) is 4.88. The van der Waals surface area contributed by atoms with Crippen LogP contribution in [0.3, 0.4) is 0 Å². The van der Waals surface area contributed by atoms with Crippen LogP contribution in [0.2, 0.25) is 0 Å². The summed E-state index contributed by atoms with van der Waals surface area (Å²) in [5.41, 5.74) is 0. The zero-order chi connectivity index (χ0) is 15.5. The number of aromatic nitrogens is 3. The van der Waals surface area contributed by atoms with Gasteiger partial charge < -0.3 is 9.52 Å². The van der Waals surface area contributed by atoms with Crippen LogP contribution < -0.4 is 0 Å². The molecule has 2 unspecified atom stereocenters. The summed E-state index contributed by atoms with van der Waals surface area (Å²) in [6.45, 7) is 5.19. The van der Waals surface area contributed by atoms with Gasteiger partial charge in [-0.15, -0.1) is 10.2 Å². The van der Waals surface area contributed by atoms with Crippen molar-refractivity contribution < 1.29 is 9.52 Å². The highest BCUT2D eigenvalue weighted by atomic mass is 32.2. The van der Waals surface area contributed by atoms with Crippen LogP contribution in [0.15, 0.2) is 28.0 Å². The fraction of sp³-hybridized carbons (Fsp3) is 0.625. The highest BCUT2D eigenvalue weighted by Crippen LogP contribution is 2.35. The molecule has 2 aromatic heterocycles. The summed E-state index contributed by atoms with van der Waals surface area (Å²) in [6.07, 6.45) is 5.64. The van der Waals surface area contributed by atoms with Gasteiger partial charge in [0.25, 0.3) is 0 Å². The largest absolute Gasteiger partial charge is 0.461 e. The Morgan fingerprint density at radius 3 is 2.86 bits per heavy atom. The number of thioether (sulfide) groups is 1. The van der Waals surface area contributed by atoms with Gasteiger partial charge in [0.2, 0.25) is 0 Å². The predicted molar refractivity (Wildman–Crippen MR) is 86.7 cm³/mol. The second-order valence-corrected chi connectivity index (χ2v) is 7.50. The number of hydrogen-bond acceptors (Lipinski definition) is 5. The molecular weight excluding hydrogens is 298 g/mol. The molecule has 1 aliphatic carbocycles. The van der Waals surface area contributed by atoms with Crippen LogP contribution in [0, 0.1) is 5.92 Å². The van der Waals surface area contributed by atoms with Crippen molar-refractivity contribution in [1.82, 2.24) is 14.8 Å². The first-order chi connectivity index (χ1) is 10.6. The van der Waals surface area contributed by atoms with Crippen molar-refractivity contribution in [2.24, 2.45) is 5.92 Å². The highest BCUT2D eigenvalue weighted by Gasteiger charge is 2.27. The molecule has 120 valence electrons. The van der Waals surface area contributed by atoms with Crippen LogP contribution in [0.5, 0.6) is 0 Å². The molecule has 0 spiro atoms. The lowest BCUT2D eigenvalue weighted by Crippen LogP contribution is -2.27. The SMILES string of the molecule is CC(C)Cn1c(SC2CCCCC2O)nnc1-c1ccco1. The molecule has 5 nitrogen and oxygen atoms in total. The van der Waals surface area contributed by atoms with Crippen LogP contribution in [-0.4, -0.2) is 31.2 Å². The number of aliphatic hydroxyl groups is 1. The van der Waals surface area contributed by atoms with Crippen molar-refractivity contribution in [2.75, 3.05) is 0 Å². The van der Waals surface area contributed by atoms with E-state index in [1.165, 1.54) is 6.42 Å². The van der Waals surface area contributed by atoms with E-state index in [1.54, 1.807) is 18.0 Å². The maximum atomic E-state index is 10.2. The fourth-order valence-corrected chi connectivity index (χ4v) is 4.07. The number of furan rings is 1. The average Bonchev–Trinajstić information content (AvgIpc) is 3.11. The van der Waals surface area contributed by atoms with Gasteiger partial charge in [-0.25, -0.2) is 0 Å². The zero-order valence-corrected chi connectivity index (χ0v) is 13.9. The summed E-state index contributed by atoms with van der Waals surface area (Å²) in [5.74, 6) is 2.00. The number of hydrogen-bond donors (Lipinski definition) is 1. The average molecular weight is 321 g/mol. The van der Waals surface area contributed by atoms with Crippen molar-refractivity contribution in [3.05, 3.63) is 18.4 Å². The third-order valence-electron chi connectivity index (χ3n) is 3.93. The zero-order valence-electron chi connectivity index (χ0n) is 13.1. The molecule has 2 aromatic rings. The first kappa shape index (κ1) is 15.6. The van der Waals surface area contributed by atoms with Gasteiger partial charge in [0.15, 0.2) is 16.7 Å². The van der Waals surface area contributed by atoms with Gasteiger partial charge in [0.05, 0.1) is 12.4 Å². The molecule has 6 heteroatoms. The molecule has 2 heterocycles. The molecule has 1 N–H and O–H groups in total. The maximum absolute atomic E-state index is 10.2. The number of aliphatic hydroxyl groups excluding tert-OH is 1. The van der Waals surface area contributed by atoms with Gasteiger partial charge in [-0.2, -0.15) is 0 Å². The topological polar surface area (TPSA) is 64.1 Å². The lowest BCUT2D eigenvalue weighted by Gasteiger charge is -2.26. The molecule has 1 aliphatic rings. The first-order valence-electron chi connectivity index (χ1n) is 7.97. The molecule has 0 amide bonds. The van der Waals surface area contributed by atoms with Crippen molar-refractivity contribution >= 4 is 11.8 Å². The maximum Gasteiger partial charge on any atom is 0.200 e. The lowest BCUT2D eigenvalue weighted by atomic mass is 9.97. The van der Waals surface area contributed by atoms with Gasteiger partial charge in [-0.1, -0.05) is 38.5 Å². The van der Waals surface area contributed by atoms with E-state index < -0.39 is 0 Å². The number of nitrogens with zero attached hydrogens (tertiary/aromatic N) is 3. The summed E-state index contributed by atoms with van der Waals surface area (Å²) in [6, 6.07) is 3.77. The monoisotopic (exact) mass is 321 g/mol. The minimum absolute atomic E-state index is 0.216. The van der Waals surface area contributed by atoms with Crippen molar-refractivity contribution in [3.63, 3.8) is 0 Å². The van der Waals surface area contributed by atoms with Gasteiger partial charge in [-0.05, 0) is 30.9 Å². The summed E-state index contributed by atoms with van der Waals surface area (Å²) in [7, 11) is 0. The second-order valence-electron chi connectivity index (χ2n) is 6.30. The van der Waals surface area contributed by atoms with E-state index in [1.807, 2.05) is 12.1 Å². The smallest absolute Gasteiger partial charge is 0.200 e. The van der Waals surface area contributed by atoms with E-state index in [9.17, 15) is 5.11 Å². The molecule has 22 heavy (non-hydrogen) atoms. The molecule has 2 atom stereocenters. The van der Waals surface area contributed by atoms with Crippen LogP contribution in [0.1, 0.15) is 39.5 Å². The summed E-state index contributed by atoms with van der Waals surface area (Å²) in [5, 5.41) is 20.0. The molecule has 0 aromatic carbocycles. The van der Waals surface area contributed by atoms with Gasteiger partial charge >= 0.3 is 0 Å². The Labute approximate surface area is 135 Å². The minimum atomic E-state index is -0.241. The van der Waals surface area contributed by atoms with Crippen molar-refractivity contribution in [2.45, 2.75) is 62.6 Å². The second kappa shape index (κ2) is 6.87. The predicted octanol–water partition coefficient (Wildman–Crippen LogP) is 3.59. The van der Waals surface area contributed by atoms with E-state index >= 15 is 0 Å². The van der Waals surface area contributed by atoms with Gasteiger partial charge in [0, 0.05) is 11.8 Å². The van der Waals surface area contributed by atoms with E-state index in [2.05, 4.69) is 28.6 Å². The van der Waals surface area contributed by atoms with E-state index in [-0.39, 0.29) is 11.4 Å². The molecule has 3 rings (SSSR count). The van der Waals surface area contributed by atoms with Crippen LogP contribution in [0.4, 0.5) is 0 Å². The molecule has 1 saturated carbocycles. The molecule has 1 fully saturated rings. The van der Waals surface area contributed by atoms with Gasteiger partial charge in [-0.3, -0.25) is 4.57 Å². The number of rotatable bonds is 5. The third kappa shape index (κ3) is 3.38. The Balaban J connectivity index is 1.86. The quantitative estimate of drug-likeness (QED) is 0.911. The normalized spacial score (nSPS) is 22.4. The Morgan fingerprint density at radius 1 is 1.36 bits per heavy atom. The molecule has 0 bridgehead atoms. The van der Waals surface area contributed by atoms with Crippen LogP contribution >= 0.6 is 11.8 Å². The van der Waals surface area contributed by atoms with E-state index in [0.717, 1.165) is 42.5 Å². The van der Waals surface area contributed by atoms with Crippen LogP contribution in [-0.2, 0) is 6.54 Å². The third-order valence-corrected chi connectivity index (χ3v) is 5.30. The first-order valence-corrected chi connectivity index (χ1v) is 8.85. The summed E-state index contributed by atoms with van der Waals surface area (Å²) >= 11 is 1.66. The molecule has 0 radical (unpaired) electrons. The summed E-state index contributed by atoms with van der Waals surface area (Å²) in [4.78, 5) is 0. The Bertz CT molecular complexity index is 595. The lowest BCUT2D eigenvalue weighted by molar-refractivity contribution is 0.136. The van der Waals surface area contributed by atoms with E-state index in [4.69, 9.17) is 4.42 Å². The Morgan fingerprint density at radius 2 is 2.18 bits per heavy atom. The molecule has 0 saturated heterocycles. The molecule has 0 aliphatic heterocycles. The fourth-order valence-electron chi connectivity index (χ4n) is 2.84. The highest BCUT2D eigenvalue weighted by molar-refractivity contribution is 7.99. The minimum Gasteiger partial charge on any atom is -0.461 e. The standard InChI is InChI=1S/C16H23N3O2S/c1-11(2)10-19-15(13-7-5-9-21-13)17-18-16(19)22-14-8-4-3-6-12(14)20/h5,7,9,11-12,14,20H,3-4,6,8,10H2,1-2H3. The van der Waals surface area contributed by atoms with Crippen LogP contribution in [0.25, 0.3) is 11.6 Å². The van der Waals surface area contributed by atoms with E-state index in [0.29, 0.717) is 5.92 Å². The van der Waals surface area contributed by atoms with Crippen molar-refractivity contribution in [3.8, 4) is 11.6 Å². The summed E-state index contributed by atoms with van der Waals surface area (Å²) < 4.78 is 7.60. The molecular formula is C16H23N3O2S. The Hall–Kier alpha value is -1.27. The van der Waals surface area contributed by atoms with Gasteiger partial charge in [0.1, 0.15) is 0 Å². The van der Waals surface area contributed by atoms with Crippen molar-refractivity contribution in [1.29, 1.82) is 0 Å².